The molecule has 4 N–H and O–H groups in total. The zero-order valence-corrected chi connectivity index (χ0v) is 6.57. The second-order valence-electron chi connectivity index (χ2n) is 2.19. The number of hydrogen-bond donors (Lipinski definition) is 2. The van der Waals surface area contributed by atoms with Gasteiger partial charge in [-0.2, -0.15) is 0 Å². The molecular weight excluding hydrogens is 164 g/mol. The molecule has 0 aliphatic heterocycles. The molecule has 0 aliphatic carbocycles. The zero-order valence-electron chi connectivity index (χ0n) is 6.57. The van der Waals surface area contributed by atoms with Crippen LogP contribution in [0.15, 0.2) is 0 Å². The summed E-state index contributed by atoms with van der Waals surface area (Å²) in [6.07, 6.45) is -2.52. The molecule has 0 fully saturated rings. The monoisotopic (exact) mass is 174 g/mol. The first kappa shape index (κ1) is 10.4. The van der Waals surface area contributed by atoms with E-state index in [2.05, 4.69) is 10.5 Å². The molecule has 0 aromatic rings. The van der Waals surface area contributed by atoms with Crippen LogP contribution in [-0.4, -0.2) is 23.9 Å². The molecule has 0 spiro atoms. The molecule has 0 aromatic carbocycles. The Kier molecular flexibility index (Phi) is 3.75. The second kappa shape index (κ2) is 4.32. The number of Topliss-reactive ketones (excluding diaryl/α,β-unsaturated/α-hetero) is 1. The van der Waals surface area contributed by atoms with Crippen molar-refractivity contribution in [3.63, 3.8) is 0 Å². The van der Waals surface area contributed by atoms with Gasteiger partial charge in [0.15, 0.2) is 11.9 Å². The number of rotatable bonds is 4. The van der Waals surface area contributed by atoms with E-state index in [1.165, 1.54) is 6.92 Å². The molecule has 0 bridgehead atoms. The fraction of sp³-hybridized carbons (Fsp3) is 0.500. The quantitative estimate of drug-likeness (QED) is 0.527. The van der Waals surface area contributed by atoms with Gasteiger partial charge in [0.1, 0.15) is 0 Å². The Morgan fingerprint density at radius 1 is 1.33 bits per heavy atom. The molecule has 1 atom stereocenters. The van der Waals surface area contributed by atoms with Gasteiger partial charge in [0.05, 0.1) is 6.42 Å². The molecule has 0 heterocycles. The lowest BCUT2D eigenvalue weighted by Gasteiger charge is -2.07. The average Bonchev–Trinajstić information content (AvgIpc) is 1.84. The molecular formula is C6H10N2O4. The smallest absolute Gasteiger partial charge is 0.405 e. The third kappa shape index (κ3) is 4.26. The fourth-order valence-corrected chi connectivity index (χ4v) is 0.555. The minimum absolute atomic E-state index is 0.450. The maximum Gasteiger partial charge on any atom is 0.405 e. The van der Waals surface area contributed by atoms with Crippen molar-refractivity contribution in [2.75, 3.05) is 0 Å². The lowest BCUT2D eigenvalue weighted by atomic mass is 10.2. The van der Waals surface area contributed by atoms with Crippen molar-refractivity contribution in [3.8, 4) is 0 Å². The molecule has 0 unspecified atom stereocenters. The normalized spacial score (nSPS) is 11.8. The predicted molar refractivity (Wildman–Crippen MR) is 38.9 cm³/mol. The van der Waals surface area contributed by atoms with E-state index < -0.39 is 30.3 Å². The van der Waals surface area contributed by atoms with Crippen LogP contribution < -0.4 is 11.5 Å². The molecule has 6 nitrogen and oxygen atoms in total. The molecule has 0 rings (SSSR count). The molecule has 0 saturated carbocycles. The van der Waals surface area contributed by atoms with Crippen molar-refractivity contribution in [2.45, 2.75) is 19.4 Å². The van der Waals surface area contributed by atoms with Gasteiger partial charge in [0, 0.05) is 0 Å². The van der Waals surface area contributed by atoms with Crippen molar-refractivity contribution in [3.05, 3.63) is 0 Å². The molecule has 12 heavy (non-hydrogen) atoms. The van der Waals surface area contributed by atoms with Crippen LogP contribution in [0.1, 0.15) is 13.3 Å². The van der Waals surface area contributed by atoms with Gasteiger partial charge < -0.3 is 16.2 Å². The van der Waals surface area contributed by atoms with Gasteiger partial charge in [-0.15, -0.1) is 0 Å². The Hall–Kier alpha value is -1.59. The first-order valence-electron chi connectivity index (χ1n) is 3.20. The Labute approximate surface area is 68.8 Å². The lowest BCUT2D eigenvalue weighted by Crippen LogP contribution is -2.30. The van der Waals surface area contributed by atoms with Gasteiger partial charge in [-0.1, -0.05) is 0 Å². The summed E-state index contributed by atoms with van der Waals surface area (Å²) in [5, 5.41) is 0. The molecule has 68 valence electrons. The van der Waals surface area contributed by atoms with Crippen LogP contribution in [0.5, 0.6) is 0 Å². The first-order chi connectivity index (χ1) is 5.43. The third-order valence-electron chi connectivity index (χ3n) is 1.09. The van der Waals surface area contributed by atoms with Crippen LogP contribution in [0, 0.1) is 0 Å². The molecule has 0 radical (unpaired) electrons. The predicted octanol–water partition coefficient (Wildman–Crippen LogP) is -1.09. The second-order valence-corrected chi connectivity index (χ2v) is 2.19. The van der Waals surface area contributed by atoms with Crippen LogP contribution >= 0.6 is 0 Å². The number of ether oxygens (including phenoxy) is 1. The summed E-state index contributed by atoms with van der Waals surface area (Å²) in [6.45, 7) is 1.32. The van der Waals surface area contributed by atoms with E-state index in [-0.39, 0.29) is 0 Å². The number of ketones is 1. The van der Waals surface area contributed by atoms with E-state index in [1.807, 2.05) is 0 Å². The Bertz CT molecular complexity index is 214. The number of amides is 2. The summed E-state index contributed by atoms with van der Waals surface area (Å²) in [5.41, 5.74) is 9.36. The minimum atomic E-state index is -1.06. The molecule has 0 saturated heterocycles. The van der Waals surface area contributed by atoms with E-state index >= 15 is 0 Å². The number of carbonyl (C=O) groups excluding carboxylic acids is 3. The van der Waals surface area contributed by atoms with Crippen LogP contribution in [0.25, 0.3) is 0 Å². The topological polar surface area (TPSA) is 112 Å². The molecule has 2 amide bonds. The maximum atomic E-state index is 10.9. The van der Waals surface area contributed by atoms with Crippen LogP contribution in [-0.2, 0) is 14.3 Å². The Morgan fingerprint density at radius 3 is 2.17 bits per heavy atom. The first-order valence-corrected chi connectivity index (χ1v) is 3.20. The molecule has 0 aliphatic rings. The van der Waals surface area contributed by atoms with E-state index in [0.29, 0.717) is 0 Å². The Morgan fingerprint density at radius 2 is 1.83 bits per heavy atom. The zero-order chi connectivity index (χ0) is 9.72. The highest BCUT2D eigenvalue weighted by Gasteiger charge is 2.17. The molecule has 0 aromatic heterocycles. The van der Waals surface area contributed by atoms with Crippen molar-refractivity contribution < 1.29 is 19.1 Å². The van der Waals surface area contributed by atoms with Gasteiger partial charge in [-0.25, -0.2) is 4.79 Å². The van der Waals surface area contributed by atoms with Gasteiger partial charge in [-0.3, -0.25) is 9.59 Å². The summed E-state index contributed by atoms with van der Waals surface area (Å²) < 4.78 is 4.29. The SMILES string of the molecule is C[C@H](OC(N)=O)C(=O)CC(N)=O. The number of hydrogen-bond acceptors (Lipinski definition) is 4. The van der Waals surface area contributed by atoms with Gasteiger partial charge in [-0.05, 0) is 6.92 Å². The number of primary amides is 2. The van der Waals surface area contributed by atoms with Crippen LogP contribution in [0.4, 0.5) is 4.79 Å². The Balaban J connectivity index is 3.93. The van der Waals surface area contributed by atoms with E-state index in [4.69, 9.17) is 5.73 Å². The summed E-state index contributed by atoms with van der Waals surface area (Å²) >= 11 is 0. The summed E-state index contributed by atoms with van der Waals surface area (Å²) in [4.78, 5) is 31.2. The highest BCUT2D eigenvalue weighted by atomic mass is 16.6. The third-order valence-corrected chi connectivity index (χ3v) is 1.09. The van der Waals surface area contributed by atoms with Crippen molar-refractivity contribution in [2.24, 2.45) is 11.5 Å². The lowest BCUT2D eigenvalue weighted by molar-refractivity contribution is -0.131. The van der Waals surface area contributed by atoms with E-state index in [9.17, 15) is 14.4 Å². The highest BCUT2D eigenvalue weighted by Crippen LogP contribution is 1.95. The maximum absolute atomic E-state index is 10.9. The summed E-state index contributed by atoms with van der Waals surface area (Å²) in [5.74, 6) is -1.33. The average molecular weight is 174 g/mol. The van der Waals surface area contributed by atoms with Crippen molar-refractivity contribution in [1.82, 2.24) is 0 Å². The summed E-state index contributed by atoms with van der Waals surface area (Å²) in [6, 6.07) is 0. The minimum Gasteiger partial charge on any atom is -0.439 e. The van der Waals surface area contributed by atoms with Crippen LogP contribution in [0.2, 0.25) is 0 Å². The highest BCUT2D eigenvalue weighted by molar-refractivity contribution is 5.99. The van der Waals surface area contributed by atoms with Crippen LogP contribution in [0.3, 0.4) is 0 Å². The van der Waals surface area contributed by atoms with Gasteiger partial charge >= 0.3 is 6.09 Å². The number of nitrogens with two attached hydrogens (primary N) is 2. The van der Waals surface area contributed by atoms with Gasteiger partial charge in [0.25, 0.3) is 0 Å². The summed E-state index contributed by atoms with van der Waals surface area (Å²) in [7, 11) is 0. The van der Waals surface area contributed by atoms with E-state index in [0.717, 1.165) is 0 Å². The standard InChI is InChI=1S/C6H10N2O4/c1-3(12-6(8)11)4(9)2-5(7)10/h3H,2H2,1H3,(H2,7,10)(H2,8,11)/t3-/m0/s1. The molecule has 6 heteroatoms. The van der Waals surface area contributed by atoms with Crippen molar-refractivity contribution in [1.29, 1.82) is 0 Å². The van der Waals surface area contributed by atoms with E-state index in [1.54, 1.807) is 0 Å². The fourth-order valence-electron chi connectivity index (χ4n) is 0.555. The van der Waals surface area contributed by atoms with Gasteiger partial charge in [0.2, 0.25) is 5.91 Å². The largest absolute Gasteiger partial charge is 0.439 e. The number of carbonyl (C=O) groups is 3. The van der Waals surface area contributed by atoms with Crippen molar-refractivity contribution >= 4 is 17.8 Å².